The van der Waals surface area contributed by atoms with Crippen molar-refractivity contribution in [3.63, 3.8) is 0 Å². The maximum atomic E-state index is 13.1. The van der Waals surface area contributed by atoms with Crippen LogP contribution < -0.4 is 25.0 Å². The molecule has 3 amide bonds. The van der Waals surface area contributed by atoms with E-state index in [1.807, 2.05) is 6.07 Å². The Morgan fingerprint density at radius 1 is 0.914 bits per heavy atom. The molecule has 178 valence electrons. The molecule has 0 aromatic heterocycles. The molecule has 1 heterocycles. The Morgan fingerprint density at radius 2 is 1.69 bits per heavy atom. The van der Waals surface area contributed by atoms with Crippen LogP contribution in [0.25, 0.3) is 0 Å². The molecule has 2 N–H and O–H groups in total. The summed E-state index contributed by atoms with van der Waals surface area (Å²) in [5.74, 6) is -0.560. The van der Waals surface area contributed by atoms with E-state index in [-0.39, 0.29) is 10.7 Å². The maximum absolute atomic E-state index is 13.1. The predicted molar refractivity (Wildman–Crippen MR) is 134 cm³/mol. The van der Waals surface area contributed by atoms with Crippen molar-refractivity contribution in [3.05, 3.63) is 88.6 Å². The van der Waals surface area contributed by atoms with Crippen LogP contribution in [0.1, 0.15) is 15.9 Å². The zero-order valence-corrected chi connectivity index (χ0v) is 20.0. The van der Waals surface area contributed by atoms with Crippen molar-refractivity contribution in [2.24, 2.45) is 0 Å². The lowest BCUT2D eigenvalue weighted by atomic mass is 10.1. The van der Waals surface area contributed by atoms with E-state index in [0.717, 1.165) is 10.5 Å². The fourth-order valence-electron chi connectivity index (χ4n) is 3.62. The van der Waals surface area contributed by atoms with Gasteiger partial charge in [-0.2, -0.15) is 0 Å². The number of carbonyl (C=O) groups excluding carboxylic acids is 3. The Kier molecular flexibility index (Phi) is 6.75. The summed E-state index contributed by atoms with van der Waals surface area (Å²) in [6.45, 7) is 1.80. The molecule has 0 unspecified atom stereocenters. The average Bonchev–Trinajstić information content (AvgIpc) is 3.07. The number of aryl methyl sites for hydroxylation is 1. The minimum atomic E-state index is -0.617. The number of para-hydroxylation sites is 1. The molecule has 0 saturated carbocycles. The van der Waals surface area contributed by atoms with Crippen molar-refractivity contribution in [3.8, 4) is 11.5 Å². The molecule has 35 heavy (non-hydrogen) atoms. The molecule has 9 heteroatoms. The van der Waals surface area contributed by atoms with Crippen molar-refractivity contribution in [2.45, 2.75) is 6.92 Å². The molecule has 0 fully saturated rings. The Bertz CT molecular complexity index is 1370. The standard InChI is InChI=1S/C26H22ClN3O5/c1-15-7-4-5-10-20(15)30-25(32)22(27)23(26(30)33)28-17-9-6-8-16(13-17)24(31)29-19-12-11-18(34-2)14-21(19)35-3/h4-14,28H,1-3H3,(H,29,31). The van der Waals surface area contributed by atoms with E-state index >= 15 is 0 Å². The lowest BCUT2D eigenvalue weighted by Crippen LogP contribution is -2.32. The van der Waals surface area contributed by atoms with Crippen LogP contribution in [0.4, 0.5) is 17.1 Å². The second-order valence-corrected chi connectivity index (χ2v) is 8.03. The quantitative estimate of drug-likeness (QED) is 0.465. The van der Waals surface area contributed by atoms with Gasteiger partial charge < -0.3 is 20.1 Å². The van der Waals surface area contributed by atoms with Crippen molar-refractivity contribution in [1.82, 2.24) is 0 Å². The molecular formula is C26H22ClN3O5. The smallest absolute Gasteiger partial charge is 0.283 e. The van der Waals surface area contributed by atoms with E-state index in [0.29, 0.717) is 34.1 Å². The highest BCUT2D eigenvalue weighted by atomic mass is 35.5. The van der Waals surface area contributed by atoms with Crippen molar-refractivity contribution in [2.75, 3.05) is 29.8 Å². The molecule has 0 spiro atoms. The number of carbonyl (C=O) groups is 3. The molecule has 3 aromatic rings. The summed E-state index contributed by atoms with van der Waals surface area (Å²) >= 11 is 6.24. The number of rotatable bonds is 7. The van der Waals surface area contributed by atoms with Crippen LogP contribution in [-0.2, 0) is 9.59 Å². The number of hydrogen-bond donors (Lipinski definition) is 2. The Hall–Kier alpha value is -4.30. The third-order valence-electron chi connectivity index (χ3n) is 5.43. The maximum Gasteiger partial charge on any atom is 0.283 e. The highest BCUT2D eigenvalue weighted by molar-refractivity contribution is 6.53. The number of nitrogens with one attached hydrogen (secondary N) is 2. The van der Waals surface area contributed by atoms with Crippen LogP contribution in [0, 0.1) is 6.92 Å². The van der Waals surface area contributed by atoms with Gasteiger partial charge in [-0.1, -0.05) is 35.9 Å². The number of methoxy groups -OCH3 is 2. The van der Waals surface area contributed by atoms with Crippen LogP contribution in [0.3, 0.4) is 0 Å². The number of anilines is 3. The van der Waals surface area contributed by atoms with Gasteiger partial charge in [0.25, 0.3) is 17.7 Å². The van der Waals surface area contributed by atoms with Crippen LogP contribution in [-0.4, -0.2) is 31.9 Å². The lowest BCUT2D eigenvalue weighted by Gasteiger charge is -2.17. The summed E-state index contributed by atoms with van der Waals surface area (Å²) in [5, 5.41) is 5.47. The number of imide groups is 1. The number of benzene rings is 3. The Morgan fingerprint density at radius 3 is 2.40 bits per heavy atom. The lowest BCUT2D eigenvalue weighted by molar-refractivity contribution is -0.120. The minimum Gasteiger partial charge on any atom is -0.497 e. The van der Waals surface area contributed by atoms with E-state index < -0.39 is 17.7 Å². The van der Waals surface area contributed by atoms with Crippen LogP contribution in [0.15, 0.2) is 77.5 Å². The first kappa shape index (κ1) is 23.8. The molecule has 0 radical (unpaired) electrons. The predicted octanol–water partition coefficient (Wildman–Crippen LogP) is 4.70. The highest BCUT2D eigenvalue weighted by Crippen LogP contribution is 2.32. The molecule has 1 aliphatic heterocycles. The molecule has 0 saturated heterocycles. The normalized spacial score (nSPS) is 13.2. The number of halogens is 1. The van der Waals surface area contributed by atoms with Crippen LogP contribution in [0.2, 0.25) is 0 Å². The van der Waals surface area contributed by atoms with Crippen molar-refractivity contribution in [1.29, 1.82) is 0 Å². The van der Waals surface area contributed by atoms with Gasteiger partial charge in [0.2, 0.25) is 0 Å². The van der Waals surface area contributed by atoms with E-state index in [1.54, 1.807) is 67.6 Å². The highest BCUT2D eigenvalue weighted by Gasteiger charge is 2.39. The first-order valence-corrected chi connectivity index (χ1v) is 11.0. The van der Waals surface area contributed by atoms with Gasteiger partial charge in [0.05, 0.1) is 25.6 Å². The number of hydrogen-bond acceptors (Lipinski definition) is 6. The second kappa shape index (κ2) is 9.90. The van der Waals surface area contributed by atoms with E-state index in [2.05, 4.69) is 10.6 Å². The van der Waals surface area contributed by atoms with E-state index in [1.165, 1.54) is 14.2 Å². The molecule has 8 nitrogen and oxygen atoms in total. The van der Waals surface area contributed by atoms with Gasteiger partial charge in [-0.15, -0.1) is 0 Å². The summed E-state index contributed by atoms with van der Waals surface area (Å²) in [7, 11) is 3.03. The number of amides is 3. The SMILES string of the molecule is COc1ccc(NC(=O)c2cccc(NC3=C(Cl)C(=O)N(c4ccccc4C)C3=O)c2)c(OC)c1. The zero-order chi connectivity index (χ0) is 25.1. The van der Waals surface area contributed by atoms with Crippen molar-refractivity contribution < 1.29 is 23.9 Å². The van der Waals surface area contributed by atoms with E-state index in [9.17, 15) is 14.4 Å². The van der Waals surface area contributed by atoms with Gasteiger partial charge in [0, 0.05) is 17.3 Å². The van der Waals surface area contributed by atoms with Gasteiger partial charge in [-0.25, -0.2) is 4.90 Å². The van der Waals surface area contributed by atoms with Crippen LogP contribution in [0.5, 0.6) is 11.5 Å². The third kappa shape index (κ3) is 4.69. The second-order valence-electron chi connectivity index (χ2n) is 7.65. The number of ether oxygens (including phenoxy) is 2. The molecule has 4 rings (SSSR count). The molecule has 1 aliphatic rings. The van der Waals surface area contributed by atoms with E-state index in [4.69, 9.17) is 21.1 Å². The fourth-order valence-corrected chi connectivity index (χ4v) is 3.84. The molecule has 0 bridgehead atoms. The van der Waals surface area contributed by atoms with Crippen LogP contribution >= 0.6 is 11.6 Å². The average molecular weight is 492 g/mol. The Labute approximate surface area is 207 Å². The minimum absolute atomic E-state index is 0.0608. The third-order valence-corrected chi connectivity index (χ3v) is 5.79. The van der Waals surface area contributed by atoms with Gasteiger partial charge >= 0.3 is 0 Å². The van der Waals surface area contributed by atoms with Gasteiger partial charge in [0.1, 0.15) is 22.2 Å². The topological polar surface area (TPSA) is 97.0 Å². The zero-order valence-electron chi connectivity index (χ0n) is 19.2. The molecular weight excluding hydrogens is 470 g/mol. The summed E-state index contributed by atoms with van der Waals surface area (Å²) in [5.41, 5.74) is 2.35. The summed E-state index contributed by atoms with van der Waals surface area (Å²) in [6.07, 6.45) is 0. The summed E-state index contributed by atoms with van der Waals surface area (Å²) in [4.78, 5) is 39.7. The monoisotopic (exact) mass is 491 g/mol. The first-order valence-electron chi connectivity index (χ1n) is 10.6. The first-order chi connectivity index (χ1) is 16.8. The number of nitrogens with zero attached hydrogens (tertiary/aromatic N) is 1. The Balaban J connectivity index is 1.55. The molecule has 0 aliphatic carbocycles. The molecule has 0 atom stereocenters. The largest absolute Gasteiger partial charge is 0.497 e. The fraction of sp³-hybridized carbons (Fsp3) is 0.115. The van der Waals surface area contributed by atoms with Gasteiger partial charge in [-0.3, -0.25) is 14.4 Å². The molecule has 3 aromatic carbocycles. The summed E-state index contributed by atoms with van der Waals surface area (Å²) < 4.78 is 10.5. The van der Waals surface area contributed by atoms with Gasteiger partial charge in [-0.05, 0) is 48.9 Å². The van der Waals surface area contributed by atoms with Crippen molar-refractivity contribution >= 4 is 46.4 Å². The van der Waals surface area contributed by atoms with Gasteiger partial charge in [0.15, 0.2) is 0 Å². The summed E-state index contributed by atoms with van der Waals surface area (Å²) in [6, 6.07) is 18.5.